The number of hydrogen-bond acceptors (Lipinski definition) is 3. The molecule has 0 amide bonds. The third kappa shape index (κ3) is 2.30. The van der Waals surface area contributed by atoms with E-state index in [0.717, 1.165) is 0 Å². The molecule has 0 spiro atoms. The van der Waals surface area contributed by atoms with Crippen molar-refractivity contribution in [3.05, 3.63) is 29.2 Å². The number of hydrogen-bond donors (Lipinski definition) is 1. The second kappa shape index (κ2) is 3.80. The van der Waals surface area contributed by atoms with E-state index in [2.05, 4.69) is 9.16 Å². The lowest BCUT2D eigenvalue weighted by molar-refractivity contribution is 0.458. The smallest absolute Gasteiger partial charge is 0.380 e. The van der Waals surface area contributed by atoms with Crippen LogP contribution in [0.2, 0.25) is 0 Å². The predicted octanol–water partition coefficient (Wildman–Crippen LogP) is 1.69. The topological polar surface area (TPSA) is 74.7 Å². The number of diazo groups is 1. The summed E-state index contributed by atoms with van der Waals surface area (Å²) in [6.45, 7) is 0. The standard InChI is InChI=1S/C6H4N2O3S/c7-8-5-1-3-6(4-2-5)11-12(9)10/h1-4H/p+1. The minimum absolute atomic E-state index is 0.239. The van der Waals surface area contributed by atoms with Gasteiger partial charge in [-0.15, -0.1) is 0 Å². The molecule has 1 aromatic rings. The van der Waals surface area contributed by atoms with Crippen molar-refractivity contribution >= 4 is 17.0 Å². The highest BCUT2D eigenvalue weighted by atomic mass is 32.2. The van der Waals surface area contributed by atoms with E-state index in [1.54, 1.807) is 0 Å². The van der Waals surface area contributed by atoms with Gasteiger partial charge in [0.25, 0.3) is 0 Å². The average Bonchev–Trinajstić information content (AvgIpc) is 2.05. The molecule has 0 bridgehead atoms. The van der Waals surface area contributed by atoms with Crippen molar-refractivity contribution in [2.24, 2.45) is 0 Å². The van der Waals surface area contributed by atoms with Crippen molar-refractivity contribution in [1.82, 2.24) is 0 Å². The summed E-state index contributed by atoms with van der Waals surface area (Å²) in [5.74, 6) is 0.239. The monoisotopic (exact) mass is 185 g/mol. The van der Waals surface area contributed by atoms with Gasteiger partial charge in [0.05, 0.1) is 0 Å². The van der Waals surface area contributed by atoms with E-state index >= 15 is 0 Å². The van der Waals surface area contributed by atoms with Crippen LogP contribution in [0.3, 0.4) is 0 Å². The van der Waals surface area contributed by atoms with E-state index < -0.39 is 11.4 Å². The Bertz CT molecular complexity index is 330. The summed E-state index contributed by atoms with van der Waals surface area (Å²) in [6.07, 6.45) is 0. The van der Waals surface area contributed by atoms with E-state index in [-0.39, 0.29) is 5.75 Å². The first kappa shape index (κ1) is 8.64. The fourth-order valence-corrected chi connectivity index (χ4v) is 0.926. The maximum absolute atomic E-state index is 10.1. The molecule has 1 N–H and O–H groups in total. The van der Waals surface area contributed by atoms with Crippen LogP contribution in [-0.2, 0) is 11.4 Å². The van der Waals surface area contributed by atoms with E-state index in [4.69, 9.17) is 9.95 Å². The average molecular weight is 185 g/mol. The number of nitrogens with zero attached hydrogens (tertiary/aromatic N) is 2. The SMILES string of the molecule is N#[N+]c1ccc(OS(=O)O)cc1. The van der Waals surface area contributed by atoms with Gasteiger partial charge in [0.2, 0.25) is 5.39 Å². The molecule has 1 rings (SSSR count). The Balaban J connectivity index is 2.80. The highest BCUT2D eigenvalue weighted by molar-refractivity contribution is 7.74. The van der Waals surface area contributed by atoms with Crippen LogP contribution in [0, 0.1) is 5.39 Å². The van der Waals surface area contributed by atoms with Crippen LogP contribution in [0.25, 0.3) is 4.98 Å². The van der Waals surface area contributed by atoms with Crippen LogP contribution in [0.4, 0.5) is 5.69 Å². The third-order valence-corrected chi connectivity index (χ3v) is 1.45. The fraction of sp³-hybridized carbons (Fsp3) is 0. The van der Waals surface area contributed by atoms with Gasteiger partial charge >= 0.3 is 17.0 Å². The largest absolute Gasteiger partial charge is 0.385 e. The molecule has 6 heteroatoms. The quantitative estimate of drug-likeness (QED) is 0.562. The lowest BCUT2D eigenvalue weighted by atomic mass is 10.3. The van der Waals surface area contributed by atoms with Crippen LogP contribution >= 0.6 is 0 Å². The van der Waals surface area contributed by atoms with E-state index in [0.29, 0.717) is 5.69 Å². The summed E-state index contributed by atoms with van der Waals surface area (Å²) in [7, 11) is 0. The molecule has 12 heavy (non-hydrogen) atoms. The zero-order valence-electron chi connectivity index (χ0n) is 5.88. The first-order valence-corrected chi connectivity index (χ1v) is 4.00. The molecular weight excluding hydrogens is 180 g/mol. The Morgan fingerprint density at radius 3 is 2.42 bits per heavy atom. The highest BCUT2D eigenvalue weighted by Gasteiger charge is 2.04. The van der Waals surface area contributed by atoms with Crippen molar-refractivity contribution in [1.29, 1.82) is 5.39 Å². The normalized spacial score (nSPS) is 11.7. The Labute approximate surface area is 71.1 Å². The van der Waals surface area contributed by atoms with Gasteiger partial charge in [-0.2, -0.15) is 4.21 Å². The molecule has 0 saturated carbocycles. The van der Waals surface area contributed by atoms with E-state index in [1.807, 2.05) is 0 Å². The molecule has 0 fully saturated rings. The lowest BCUT2D eigenvalue weighted by Gasteiger charge is -1.95. The number of benzene rings is 1. The van der Waals surface area contributed by atoms with Crippen molar-refractivity contribution in [3.8, 4) is 5.75 Å². The van der Waals surface area contributed by atoms with Crippen LogP contribution < -0.4 is 4.18 Å². The minimum Gasteiger partial charge on any atom is -0.380 e. The first-order valence-electron chi connectivity index (χ1n) is 2.97. The van der Waals surface area contributed by atoms with E-state index in [1.165, 1.54) is 24.3 Å². The van der Waals surface area contributed by atoms with Crippen molar-refractivity contribution in [3.63, 3.8) is 0 Å². The van der Waals surface area contributed by atoms with Gasteiger partial charge in [0.15, 0.2) is 4.98 Å². The molecule has 1 atom stereocenters. The van der Waals surface area contributed by atoms with Gasteiger partial charge in [-0.25, -0.2) is 0 Å². The molecule has 0 aliphatic heterocycles. The van der Waals surface area contributed by atoms with Crippen molar-refractivity contribution in [2.45, 2.75) is 0 Å². The van der Waals surface area contributed by atoms with E-state index in [9.17, 15) is 4.21 Å². The Hall–Kier alpha value is -1.45. The molecule has 1 aromatic carbocycles. The van der Waals surface area contributed by atoms with Crippen molar-refractivity contribution in [2.75, 3.05) is 0 Å². The zero-order valence-corrected chi connectivity index (χ0v) is 6.69. The third-order valence-electron chi connectivity index (χ3n) is 1.12. The van der Waals surface area contributed by atoms with Crippen molar-refractivity contribution < 1.29 is 12.9 Å². The molecule has 5 nitrogen and oxygen atoms in total. The molecule has 0 heterocycles. The Morgan fingerprint density at radius 2 is 2.00 bits per heavy atom. The fourth-order valence-electron chi connectivity index (χ4n) is 0.651. The van der Waals surface area contributed by atoms with Crippen LogP contribution in [-0.4, -0.2) is 8.76 Å². The maximum atomic E-state index is 10.1. The molecule has 0 aliphatic carbocycles. The molecule has 0 radical (unpaired) electrons. The maximum Gasteiger partial charge on any atom is 0.385 e. The summed E-state index contributed by atoms with van der Waals surface area (Å²) >= 11 is -2.32. The summed E-state index contributed by atoms with van der Waals surface area (Å²) in [6, 6.07) is 5.73. The second-order valence-corrected chi connectivity index (χ2v) is 2.50. The van der Waals surface area contributed by atoms with Crippen LogP contribution in [0.5, 0.6) is 5.75 Å². The molecular formula is C6H5N2O3S+. The summed E-state index contributed by atoms with van der Waals surface area (Å²) < 4.78 is 22.9. The predicted molar refractivity (Wildman–Crippen MR) is 42.6 cm³/mol. The Morgan fingerprint density at radius 1 is 1.42 bits per heavy atom. The molecule has 0 saturated heterocycles. The molecule has 1 unspecified atom stereocenters. The molecule has 0 aliphatic rings. The zero-order chi connectivity index (χ0) is 8.97. The van der Waals surface area contributed by atoms with Gasteiger partial charge in [-0.1, -0.05) is 0 Å². The minimum atomic E-state index is -2.32. The molecule has 62 valence electrons. The highest BCUT2D eigenvalue weighted by Crippen LogP contribution is 2.17. The summed E-state index contributed by atoms with van der Waals surface area (Å²) in [5, 5.41) is 8.29. The van der Waals surface area contributed by atoms with Crippen LogP contribution in [0.1, 0.15) is 0 Å². The summed E-state index contributed by atoms with van der Waals surface area (Å²) in [4.78, 5) is 2.90. The van der Waals surface area contributed by atoms with Gasteiger partial charge in [-0.3, -0.25) is 4.55 Å². The van der Waals surface area contributed by atoms with Crippen LogP contribution in [0.15, 0.2) is 24.3 Å². The second-order valence-electron chi connectivity index (χ2n) is 1.89. The Kier molecular flexibility index (Phi) is 2.74. The molecule has 0 aromatic heterocycles. The van der Waals surface area contributed by atoms with Gasteiger partial charge < -0.3 is 4.18 Å². The van der Waals surface area contributed by atoms with Gasteiger partial charge in [0.1, 0.15) is 5.75 Å². The lowest BCUT2D eigenvalue weighted by Crippen LogP contribution is -1.96. The summed E-state index contributed by atoms with van der Waals surface area (Å²) in [5.41, 5.74) is 0.353. The first-order chi connectivity index (χ1) is 5.72. The van der Waals surface area contributed by atoms with Gasteiger partial charge in [0, 0.05) is 12.1 Å². The van der Waals surface area contributed by atoms with Gasteiger partial charge in [-0.05, 0) is 12.1 Å². The number of rotatable bonds is 2.